The molecule has 0 radical (unpaired) electrons. The van der Waals surface area contributed by atoms with Gasteiger partial charge >= 0.3 is 0 Å². The molecule has 0 unspecified atom stereocenters. The summed E-state index contributed by atoms with van der Waals surface area (Å²) in [6.07, 6.45) is 0. The van der Waals surface area contributed by atoms with Gasteiger partial charge in [-0.2, -0.15) is 0 Å². The molecule has 0 atom stereocenters. The van der Waals surface area contributed by atoms with Crippen LogP contribution in [0.2, 0.25) is 0 Å². The zero-order chi connectivity index (χ0) is 70.9. The van der Waals surface area contributed by atoms with Crippen LogP contribution in [0.15, 0.2) is 303 Å². The van der Waals surface area contributed by atoms with Crippen molar-refractivity contribution in [3.8, 4) is 66.8 Å². The van der Waals surface area contributed by atoms with Crippen molar-refractivity contribution in [2.45, 2.75) is 0 Å². The number of hydrogen-bond acceptors (Lipinski definition) is 2. The molecule has 0 fully saturated rings. The summed E-state index contributed by atoms with van der Waals surface area (Å²) in [5.74, 6) is -2.20. The van der Waals surface area contributed by atoms with E-state index in [2.05, 4.69) is 0 Å². The van der Waals surface area contributed by atoms with Crippen LogP contribution in [-0.4, -0.2) is 0 Å². The van der Waals surface area contributed by atoms with E-state index in [-0.39, 0.29) is 56.4 Å². The van der Waals surface area contributed by atoms with Crippen LogP contribution < -0.4 is 9.80 Å². The number of hydrogen-bond donors (Lipinski definition) is 0. The second kappa shape index (κ2) is 20.5. The molecule has 378 valence electrons. The minimum atomic E-state index is -1.10. The van der Waals surface area contributed by atoms with E-state index >= 15 is 8.78 Å². The molecular weight excluding hydrogens is 979 g/mol. The number of benzene rings is 14. The van der Waals surface area contributed by atoms with Crippen molar-refractivity contribution in [3.05, 3.63) is 314 Å². The average Bonchev–Trinajstić information content (AvgIpc) is 0.707. The maximum atomic E-state index is 18.8. The number of nitrogens with zero attached hydrogens (tertiary/aromatic N) is 2. The molecule has 14 aromatic carbocycles. The lowest BCUT2D eigenvalue weighted by Crippen LogP contribution is -2.15. The first-order valence-electron chi connectivity index (χ1n) is 35.4. The van der Waals surface area contributed by atoms with Gasteiger partial charge in [0.05, 0.1) is 50.2 Å². The van der Waals surface area contributed by atoms with Crippen LogP contribution in [0.3, 0.4) is 0 Å². The van der Waals surface area contributed by atoms with Gasteiger partial charge in [0.25, 0.3) is 0 Å². The fraction of sp³-hybridized carbons (Fsp3) is 0. The van der Waals surface area contributed by atoms with Gasteiger partial charge in [0, 0.05) is 33.3 Å². The second-order valence-electron chi connectivity index (χ2n) is 18.8. The maximum Gasteiger partial charge on any atom is 0.148 e. The van der Waals surface area contributed by atoms with Crippen molar-refractivity contribution in [1.29, 1.82) is 0 Å². The van der Waals surface area contributed by atoms with Crippen molar-refractivity contribution in [3.63, 3.8) is 0 Å². The van der Waals surface area contributed by atoms with Gasteiger partial charge in [0.15, 0.2) is 0 Å². The van der Waals surface area contributed by atoms with Gasteiger partial charge in [-0.3, -0.25) is 0 Å². The number of halogens is 2. The lowest BCUT2D eigenvalue weighted by molar-refractivity contribution is 0.629. The van der Waals surface area contributed by atoms with Crippen LogP contribution in [0, 0.1) is 11.6 Å². The smallest absolute Gasteiger partial charge is 0.148 e. The summed E-state index contributed by atoms with van der Waals surface area (Å²) in [7, 11) is 0. The van der Waals surface area contributed by atoms with Gasteiger partial charge in [-0.1, -0.05) is 242 Å². The molecule has 0 amide bonds. The molecule has 14 aromatic rings. The zero-order valence-corrected chi connectivity index (χ0v) is 42.0. The molecule has 0 aliphatic rings. The van der Waals surface area contributed by atoms with E-state index in [0.29, 0.717) is 32.3 Å². The fourth-order valence-corrected chi connectivity index (χ4v) is 10.7. The third-order valence-electron chi connectivity index (χ3n) is 14.3. The van der Waals surface area contributed by atoms with E-state index in [1.807, 2.05) is 84.9 Å². The lowest BCUT2D eigenvalue weighted by atomic mass is 9.90. The SMILES string of the molecule is [2H]c1c([2H])c([2H])c(-c2cc(F)c(N(c3ccc(-c4ccccc4)cc3)c3ccc4ccc5c(N(c6ccc(-c7ccccc7)cc6)c6c(F)cc(-c7c([2H])c([2H])c([2H])c([2H])c7[2H])cc6-c6c([2H])c([2H])c([2H])c([2H])c6[2H])ccc6ccc3c4c65)c(-c3c([2H])c([2H])c([2H])c([2H])c3[2H])c2)c([2H])c1[2H]. The first kappa shape index (κ1) is 31.1. The third kappa shape index (κ3) is 8.70. The van der Waals surface area contributed by atoms with E-state index in [9.17, 15) is 5.48 Å². The Bertz CT molecular complexity index is 5290. The topological polar surface area (TPSA) is 6.48 Å². The highest BCUT2D eigenvalue weighted by atomic mass is 19.1. The quantitative estimate of drug-likeness (QED) is 0.113. The summed E-state index contributed by atoms with van der Waals surface area (Å²) in [4.78, 5) is 3.05. The molecule has 0 aliphatic heterocycles. The zero-order valence-electron chi connectivity index (χ0n) is 62.0. The average molecular weight is 1050 g/mol. The Hall–Kier alpha value is -10.4. The predicted octanol–water partition coefficient (Wildman–Crippen LogP) is 21.8. The molecule has 80 heavy (non-hydrogen) atoms. The molecule has 0 N–H and O–H groups in total. The first-order valence-corrected chi connectivity index (χ1v) is 25.4. The van der Waals surface area contributed by atoms with Crippen LogP contribution in [0.25, 0.3) is 99.1 Å². The monoisotopic (exact) mass is 1050 g/mol. The van der Waals surface area contributed by atoms with Crippen molar-refractivity contribution in [2.75, 3.05) is 9.80 Å². The van der Waals surface area contributed by atoms with E-state index in [1.165, 1.54) is 21.9 Å². The summed E-state index contributed by atoms with van der Waals surface area (Å²) < 4.78 is 215. The summed E-state index contributed by atoms with van der Waals surface area (Å²) in [5.41, 5.74) is 0.552. The van der Waals surface area contributed by atoms with Gasteiger partial charge in [0.1, 0.15) is 11.6 Å². The highest BCUT2D eigenvalue weighted by Crippen LogP contribution is 2.52. The molecule has 0 bridgehead atoms. The van der Waals surface area contributed by atoms with Crippen LogP contribution in [0.5, 0.6) is 0 Å². The molecular formula is C76H50F2N2. The van der Waals surface area contributed by atoms with Gasteiger partial charge in [-0.15, -0.1) is 0 Å². The Morgan fingerprint density at radius 2 is 0.600 bits per heavy atom. The Kier molecular flexibility index (Phi) is 7.97. The molecule has 0 aliphatic carbocycles. The Labute approximate surface area is 492 Å². The van der Waals surface area contributed by atoms with E-state index < -0.39 is 155 Å². The van der Waals surface area contributed by atoms with Gasteiger partial charge in [-0.25, -0.2) is 8.78 Å². The minimum Gasteiger partial charge on any atom is -0.307 e. The summed E-state index contributed by atoms with van der Waals surface area (Å²) in [5, 5.41) is 3.22. The second-order valence-corrected chi connectivity index (χ2v) is 18.8. The standard InChI is InChI=1S/C76H50F2N2/c77-69-49-61(53-23-11-3-12-24-53)47-67(57-27-15-5-16-28-57)75(69)79(63-39-31-55(32-40-63)51-19-7-1-8-20-51)71-45-37-59-36-44-66-72(46-38-60-35-43-65(71)73(59)74(60)66)80(64-41-33-56(34-42-64)52-21-9-2-10-22-52)76-68(58-29-17-6-18-30-58)48-62(50-70(76)78)54-25-13-4-14-26-54/h1-50H/i3D,4D,5D,6D,11D,12D,13D,14D,15D,16D,17D,18D,23D,24D,25D,26D,27D,28D,29D,30D. The lowest BCUT2D eigenvalue weighted by Gasteiger charge is -2.32. The Morgan fingerprint density at radius 1 is 0.275 bits per heavy atom. The summed E-state index contributed by atoms with van der Waals surface area (Å²) >= 11 is 0. The van der Waals surface area contributed by atoms with Crippen molar-refractivity contribution < 1.29 is 36.2 Å². The van der Waals surface area contributed by atoms with E-state index in [4.69, 9.17) is 21.9 Å². The molecule has 0 aromatic heterocycles. The normalized spacial score (nSPS) is 14.9. The minimum absolute atomic E-state index is 0.258. The van der Waals surface area contributed by atoms with Gasteiger partial charge < -0.3 is 9.80 Å². The predicted molar refractivity (Wildman–Crippen MR) is 332 cm³/mol. The molecule has 2 nitrogen and oxygen atoms in total. The van der Waals surface area contributed by atoms with Gasteiger partial charge in [0.2, 0.25) is 0 Å². The number of rotatable bonds is 12. The van der Waals surface area contributed by atoms with E-state index in [1.54, 1.807) is 72.8 Å². The molecule has 0 saturated heterocycles. The van der Waals surface area contributed by atoms with Gasteiger partial charge in [-0.05, 0) is 138 Å². The third-order valence-corrected chi connectivity index (χ3v) is 14.3. The first-order chi connectivity index (χ1) is 47.8. The van der Waals surface area contributed by atoms with Crippen molar-refractivity contribution >= 4 is 66.4 Å². The Morgan fingerprint density at radius 3 is 0.963 bits per heavy atom. The summed E-state index contributed by atoms with van der Waals surface area (Å²) in [6.45, 7) is 0. The summed E-state index contributed by atoms with van der Waals surface area (Å²) in [6, 6.07) is 37.0. The molecule has 0 heterocycles. The highest BCUT2D eigenvalue weighted by Gasteiger charge is 2.28. The Balaban J connectivity index is 1.08. The molecule has 0 saturated carbocycles. The van der Waals surface area contributed by atoms with Crippen LogP contribution >= 0.6 is 0 Å². The van der Waals surface area contributed by atoms with Crippen molar-refractivity contribution in [2.24, 2.45) is 0 Å². The van der Waals surface area contributed by atoms with Crippen molar-refractivity contribution in [1.82, 2.24) is 0 Å². The highest BCUT2D eigenvalue weighted by molar-refractivity contribution is 6.28. The van der Waals surface area contributed by atoms with Crippen LogP contribution in [0.1, 0.15) is 27.4 Å². The van der Waals surface area contributed by atoms with E-state index in [0.717, 1.165) is 34.4 Å². The maximum absolute atomic E-state index is 18.8. The largest absolute Gasteiger partial charge is 0.307 e. The van der Waals surface area contributed by atoms with Crippen LogP contribution in [0.4, 0.5) is 42.9 Å². The molecule has 14 rings (SSSR count). The fourth-order valence-electron chi connectivity index (χ4n) is 10.7. The van der Waals surface area contributed by atoms with Crippen LogP contribution in [-0.2, 0) is 0 Å². The number of anilines is 6. The molecule has 0 spiro atoms. The molecule has 4 heteroatoms.